The van der Waals surface area contributed by atoms with Crippen molar-refractivity contribution in [1.29, 1.82) is 0 Å². The van der Waals surface area contributed by atoms with Gasteiger partial charge < -0.3 is 14.7 Å². The number of hydrogen-bond acceptors (Lipinski definition) is 3. The van der Waals surface area contributed by atoms with Gasteiger partial charge >= 0.3 is 0 Å². The molecule has 1 aromatic carbocycles. The molecule has 1 atom stereocenters. The van der Waals surface area contributed by atoms with Crippen LogP contribution in [0.5, 0.6) is 0 Å². The van der Waals surface area contributed by atoms with E-state index in [0.717, 1.165) is 0 Å². The Morgan fingerprint density at radius 2 is 2.11 bits per heavy atom. The summed E-state index contributed by atoms with van der Waals surface area (Å²) in [7, 11) is 0. The summed E-state index contributed by atoms with van der Waals surface area (Å²) < 4.78 is 18.2. The van der Waals surface area contributed by atoms with Crippen LogP contribution >= 0.6 is 0 Å². The van der Waals surface area contributed by atoms with E-state index in [4.69, 9.17) is 9.84 Å². The summed E-state index contributed by atoms with van der Waals surface area (Å²) in [5.74, 6) is -0.447. The molecule has 1 aliphatic rings. The van der Waals surface area contributed by atoms with Gasteiger partial charge in [-0.05, 0) is 37.1 Å². The summed E-state index contributed by atoms with van der Waals surface area (Å²) in [5.41, 5.74) is 0.679. The van der Waals surface area contributed by atoms with E-state index in [2.05, 4.69) is 0 Å². The summed E-state index contributed by atoms with van der Waals surface area (Å²) in [6.07, 6.45) is 0.539. The van der Waals surface area contributed by atoms with E-state index in [0.29, 0.717) is 31.7 Å². The molecule has 0 aromatic heterocycles. The van der Waals surface area contributed by atoms with Gasteiger partial charge in [0.1, 0.15) is 11.9 Å². The van der Waals surface area contributed by atoms with Crippen LogP contribution in [0.2, 0.25) is 0 Å². The van der Waals surface area contributed by atoms with Gasteiger partial charge in [0.15, 0.2) is 0 Å². The van der Waals surface area contributed by atoms with E-state index in [1.165, 1.54) is 12.1 Å². The fourth-order valence-electron chi connectivity index (χ4n) is 2.00. The monoisotopic (exact) mass is 253 g/mol. The molecule has 1 saturated heterocycles. The third-order valence-electron chi connectivity index (χ3n) is 2.94. The SMILES string of the molecule is O=C1C(CCCO)OCCN1c1ccc(F)cc1. The van der Waals surface area contributed by atoms with E-state index in [-0.39, 0.29) is 18.3 Å². The van der Waals surface area contributed by atoms with Gasteiger partial charge in [0, 0.05) is 18.8 Å². The van der Waals surface area contributed by atoms with Crippen molar-refractivity contribution in [2.75, 3.05) is 24.7 Å². The van der Waals surface area contributed by atoms with Crippen LogP contribution in [0.3, 0.4) is 0 Å². The molecule has 0 bridgehead atoms. The average Bonchev–Trinajstić information content (AvgIpc) is 2.39. The molecule has 1 heterocycles. The molecule has 1 aliphatic heterocycles. The van der Waals surface area contributed by atoms with Gasteiger partial charge in [-0.2, -0.15) is 0 Å². The number of aliphatic hydroxyl groups is 1. The minimum absolute atomic E-state index is 0.0453. The second-order valence-corrected chi connectivity index (χ2v) is 4.19. The molecule has 0 aliphatic carbocycles. The van der Waals surface area contributed by atoms with E-state index in [1.54, 1.807) is 17.0 Å². The maximum absolute atomic E-state index is 12.8. The van der Waals surface area contributed by atoms with E-state index in [9.17, 15) is 9.18 Å². The Morgan fingerprint density at radius 1 is 1.39 bits per heavy atom. The highest BCUT2D eigenvalue weighted by Gasteiger charge is 2.29. The zero-order chi connectivity index (χ0) is 13.0. The Kier molecular flexibility index (Phi) is 4.28. The fourth-order valence-corrected chi connectivity index (χ4v) is 2.00. The van der Waals surface area contributed by atoms with E-state index in [1.807, 2.05) is 0 Å². The number of anilines is 1. The molecule has 18 heavy (non-hydrogen) atoms. The van der Waals surface area contributed by atoms with Crippen LogP contribution in [0.4, 0.5) is 10.1 Å². The molecule has 4 nitrogen and oxygen atoms in total. The number of carbonyl (C=O) groups is 1. The zero-order valence-corrected chi connectivity index (χ0v) is 10.0. The highest BCUT2D eigenvalue weighted by Crippen LogP contribution is 2.20. The second kappa shape index (κ2) is 5.93. The predicted octanol–water partition coefficient (Wildman–Crippen LogP) is 1.33. The average molecular weight is 253 g/mol. The number of aliphatic hydroxyl groups excluding tert-OH is 1. The van der Waals surface area contributed by atoms with Crippen LogP contribution in [0, 0.1) is 5.82 Å². The lowest BCUT2D eigenvalue weighted by molar-refractivity contribution is -0.134. The highest BCUT2D eigenvalue weighted by molar-refractivity contribution is 5.97. The predicted molar refractivity (Wildman–Crippen MR) is 64.8 cm³/mol. The summed E-state index contributed by atoms with van der Waals surface area (Å²) in [6, 6.07) is 5.84. The lowest BCUT2D eigenvalue weighted by atomic mass is 10.1. The van der Waals surface area contributed by atoms with Crippen LogP contribution < -0.4 is 4.90 Å². The summed E-state index contributed by atoms with van der Waals surface area (Å²) in [5, 5.41) is 8.77. The van der Waals surface area contributed by atoms with Gasteiger partial charge in [0.25, 0.3) is 5.91 Å². The standard InChI is InChI=1S/C13H16FNO3/c14-10-3-5-11(6-4-10)15-7-9-18-12(13(15)17)2-1-8-16/h3-6,12,16H,1-2,7-9H2. The minimum Gasteiger partial charge on any atom is -0.396 e. The van der Waals surface area contributed by atoms with Gasteiger partial charge in [0.2, 0.25) is 0 Å². The van der Waals surface area contributed by atoms with Crippen molar-refractivity contribution >= 4 is 11.6 Å². The normalized spacial score (nSPS) is 20.2. The van der Waals surface area contributed by atoms with Crippen molar-refractivity contribution in [3.05, 3.63) is 30.1 Å². The number of morpholine rings is 1. The highest BCUT2D eigenvalue weighted by atomic mass is 19.1. The zero-order valence-electron chi connectivity index (χ0n) is 10.0. The maximum atomic E-state index is 12.8. The number of ether oxygens (including phenoxy) is 1. The largest absolute Gasteiger partial charge is 0.396 e. The smallest absolute Gasteiger partial charge is 0.256 e. The first-order valence-corrected chi connectivity index (χ1v) is 6.02. The van der Waals surface area contributed by atoms with Gasteiger partial charge in [-0.3, -0.25) is 4.79 Å². The molecule has 0 spiro atoms. The lowest BCUT2D eigenvalue weighted by Crippen LogP contribution is -2.48. The van der Waals surface area contributed by atoms with E-state index >= 15 is 0 Å². The molecule has 1 N–H and O–H groups in total. The van der Waals surface area contributed by atoms with Crippen molar-refractivity contribution < 1.29 is 19.0 Å². The second-order valence-electron chi connectivity index (χ2n) is 4.19. The first kappa shape index (κ1) is 13.0. The number of rotatable bonds is 4. The Bertz CT molecular complexity index is 407. The minimum atomic E-state index is -0.504. The van der Waals surface area contributed by atoms with Crippen molar-refractivity contribution in [2.45, 2.75) is 18.9 Å². The molecule has 98 valence electrons. The van der Waals surface area contributed by atoms with Gasteiger partial charge in [-0.1, -0.05) is 0 Å². The molecule has 2 rings (SSSR count). The number of carbonyl (C=O) groups excluding carboxylic acids is 1. The van der Waals surface area contributed by atoms with Crippen LogP contribution in [0.15, 0.2) is 24.3 Å². The summed E-state index contributed by atoms with van der Waals surface area (Å²) >= 11 is 0. The Morgan fingerprint density at radius 3 is 2.78 bits per heavy atom. The van der Waals surface area contributed by atoms with E-state index < -0.39 is 6.10 Å². The number of benzene rings is 1. The molecular formula is C13H16FNO3. The van der Waals surface area contributed by atoms with Crippen LogP contribution in [0.1, 0.15) is 12.8 Å². The number of hydrogen-bond donors (Lipinski definition) is 1. The topological polar surface area (TPSA) is 49.8 Å². The molecule has 5 heteroatoms. The first-order valence-electron chi connectivity index (χ1n) is 6.02. The molecule has 1 fully saturated rings. The van der Waals surface area contributed by atoms with Gasteiger partial charge in [-0.25, -0.2) is 4.39 Å². The molecule has 1 unspecified atom stereocenters. The number of amides is 1. The van der Waals surface area contributed by atoms with Crippen LogP contribution in [-0.4, -0.2) is 36.9 Å². The van der Waals surface area contributed by atoms with Crippen LogP contribution in [0.25, 0.3) is 0 Å². The van der Waals surface area contributed by atoms with Crippen LogP contribution in [-0.2, 0) is 9.53 Å². The molecule has 0 radical (unpaired) electrons. The van der Waals surface area contributed by atoms with Crippen molar-refractivity contribution in [3.63, 3.8) is 0 Å². The molecule has 0 saturated carbocycles. The fraction of sp³-hybridized carbons (Fsp3) is 0.462. The van der Waals surface area contributed by atoms with Crippen molar-refractivity contribution in [3.8, 4) is 0 Å². The van der Waals surface area contributed by atoms with Gasteiger partial charge in [0.05, 0.1) is 6.61 Å². The Hall–Kier alpha value is -1.46. The van der Waals surface area contributed by atoms with Crippen molar-refractivity contribution in [1.82, 2.24) is 0 Å². The number of nitrogens with zero attached hydrogens (tertiary/aromatic N) is 1. The Labute approximate surface area is 105 Å². The summed E-state index contributed by atoms with van der Waals surface area (Å²) in [6.45, 7) is 0.975. The maximum Gasteiger partial charge on any atom is 0.256 e. The number of halogens is 1. The molecule has 1 aromatic rings. The third-order valence-corrected chi connectivity index (χ3v) is 2.94. The molecular weight excluding hydrogens is 237 g/mol. The van der Waals surface area contributed by atoms with Crippen molar-refractivity contribution in [2.24, 2.45) is 0 Å². The quantitative estimate of drug-likeness (QED) is 0.880. The summed E-state index contributed by atoms with van der Waals surface area (Å²) in [4.78, 5) is 13.7. The molecule has 1 amide bonds. The third kappa shape index (κ3) is 2.86. The van der Waals surface area contributed by atoms with Gasteiger partial charge in [-0.15, -0.1) is 0 Å². The first-order chi connectivity index (χ1) is 8.72. The Balaban J connectivity index is 2.08. The lowest BCUT2D eigenvalue weighted by Gasteiger charge is -2.32.